The molecule has 1 amide bonds. The number of amides is 1. The summed E-state index contributed by atoms with van der Waals surface area (Å²) in [5.74, 6) is -1.85. The third-order valence-electron chi connectivity index (χ3n) is 3.66. The lowest BCUT2D eigenvalue weighted by Gasteiger charge is -2.39. The van der Waals surface area contributed by atoms with Crippen LogP contribution in [-0.4, -0.2) is 48.2 Å². The summed E-state index contributed by atoms with van der Waals surface area (Å²) >= 11 is 0. The van der Waals surface area contributed by atoms with E-state index >= 15 is 0 Å². The Morgan fingerprint density at radius 1 is 1.45 bits per heavy atom. The summed E-state index contributed by atoms with van der Waals surface area (Å²) in [5, 5.41) is 3.06. The minimum absolute atomic E-state index is 0.0238. The van der Waals surface area contributed by atoms with E-state index in [0.29, 0.717) is 13.0 Å². The van der Waals surface area contributed by atoms with E-state index < -0.39 is 23.5 Å². The molecule has 3 N–H and O–H groups in total. The van der Waals surface area contributed by atoms with Gasteiger partial charge in [-0.1, -0.05) is 0 Å². The number of alkyl halides is 3. The van der Waals surface area contributed by atoms with Gasteiger partial charge in [-0.05, 0) is 40.2 Å². The molecule has 1 saturated heterocycles. The first-order chi connectivity index (χ1) is 9.04. The van der Waals surface area contributed by atoms with Gasteiger partial charge < -0.3 is 16.0 Å². The van der Waals surface area contributed by atoms with Crippen molar-refractivity contribution in [2.24, 2.45) is 11.7 Å². The topological polar surface area (TPSA) is 58.4 Å². The Labute approximate surface area is 117 Å². The third-order valence-corrected chi connectivity index (χ3v) is 3.66. The van der Waals surface area contributed by atoms with Gasteiger partial charge in [-0.3, -0.25) is 4.79 Å². The molecule has 0 aliphatic carbocycles. The molecular formula is C13H24F3N3O. The maximum Gasteiger partial charge on any atom is 0.393 e. The van der Waals surface area contributed by atoms with Gasteiger partial charge in [0, 0.05) is 19.1 Å². The SMILES string of the molecule is CC(C)NC(C)(CN1CCCC(C(F)(F)F)C1)C(N)=O. The van der Waals surface area contributed by atoms with Gasteiger partial charge in [-0.2, -0.15) is 13.2 Å². The van der Waals surface area contributed by atoms with Crippen molar-refractivity contribution in [1.82, 2.24) is 10.2 Å². The summed E-state index contributed by atoms with van der Waals surface area (Å²) in [6, 6.07) is 0.0238. The van der Waals surface area contributed by atoms with E-state index in [4.69, 9.17) is 5.73 Å². The molecule has 1 heterocycles. The van der Waals surface area contributed by atoms with Crippen LogP contribution in [0, 0.1) is 5.92 Å². The van der Waals surface area contributed by atoms with Crippen molar-refractivity contribution in [3.8, 4) is 0 Å². The van der Waals surface area contributed by atoms with Crippen LogP contribution < -0.4 is 11.1 Å². The van der Waals surface area contributed by atoms with Crippen LogP contribution in [0.4, 0.5) is 13.2 Å². The van der Waals surface area contributed by atoms with Gasteiger partial charge in [-0.25, -0.2) is 0 Å². The first kappa shape index (κ1) is 17.2. The molecule has 0 aromatic heterocycles. The van der Waals surface area contributed by atoms with E-state index in [1.165, 1.54) is 0 Å². The van der Waals surface area contributed by atoms with Crippen LogP contribution in [-0.2, 0) is 4.79 Å². The number of halogens is 3. The average Bonchev–Trinajstić information content (AvgIpc) is 2.26. The Hall–Kier alpha value is -0.820. The highest BCUT2D eigenvalue weighted by Crippen LogP contribution is 2.33. The highest BCUT2D eigenvalue weighted by Gasteiger charge is 2.43. The van der Waals surface area contributed by atoms with Gasteiger partial charge in [0.25, 0.3) is 0 Å². The van der Waals surface area contributed by atoms with Crippen LogP contribution in [0.2, 0.25) is 0 Å². The number of likely N-dealkylation sites (tertiary alicyclic amines) is 1. The van der Waals surface area contributed by atoms with Gasteiger partial charge in [0.05, 0.1) is 5.92 Å². The van der Waals surface area contributed by atoms with Crippen LogP contribution in [0.3, 0.4) is 0 Å². The van der Waals surface area contributed by atoms with Crippen molar-refractivity contribution >= 4 is 5.91 Å². The molecule has 4 nitrogen and oxygen atoms in total. The quantitative estimate of drug-likeness (QED) is 0.808. The van der Waals surface area contributed by atoms with Crippen molar-refractivity contribution in [2.75, 3.05) is 19.6 Å². The zero-order valence-electron chi connectivity index (χ0n) is 12.3. The predicted octanol–water partition coefficient (Wildman–Crippen LogP) is 1.50. The minimum atomic E-state index is -4.17. The van der Waals surface area contributed by atoms with Crippen molar-refractivity contribution in [3.05, 3.63) is 0 Å². The Morgan fingerprint density at radius 2 is 2.05 bits per heavy atom. The molecule has 1 aliphatic rings. The fourth-order valence-corrected chi connectivity index (χ4v) is 2.75. The van der Waals surface area contributed by atoms with Crippen LogP contribution in [0.5, 0.6) is 0 Å². The monoisotopic (exact) mass is 295 g/mol. The highest BCUT2D eigenvalue weighted by molar-refractivity contribution is 5.84. The van der Waals surface area contributed by atoms with E-state index in [-0.39, 0.29) is 25.6 Å². The standard InChI is InChI=1S/C13H24F3N3O/c1-9(2)18-12(3,11(17)20)8-19-6-4-5-10(7-19)13(14,15)16/h9-10,18H,4-8H2,1-3H3,(H2,17,20). The number of rotatable bonds is 5. The Morgan fingerprint density at radius 3 is 2.50 bits per heavy atom. The molecule has 7 heteroatoms. The van der Waals surface area contributed by atoms with Crippen molar-refractivity contribution < 1.29 is 18.0 Å². The van der Waals surface area contributed by atoms with Crippen LogP contribution in [0.25, 0.3) is 0 Å². The number of hydrogen-bond donors (Lipinski definition) is 2. The molecule has 0 aromatic carbocycles. The Balaban J connectivity index is 2.72. The average molecular weight is 295 g/mol. The number of nitrogens with zero attached hydrogens (tertiary/aromatic N) is 1. The lowest BCUT2D eigenvalue weighted by Crippen LogP contribution is -2.62. The summed E-state index contributed by atoms with van der Waals surface area (Å²) in [7, 11) is 0. The predicted molar refractivity (Wildman–Crippen MR) is 71.1 cm³/mol. The maximum atomic E-state index is 12.8. The first-order valence-electron chi connectivity index (χ1n) is 6.91. The van der Waals surface area contributed by atoms with Crippen LogP contribution >= 0.6 is 0 Å². The van der Waals surface area contributed by atoms with Gasteiger partial charge in [0.2, 0.25) is 5.91 Å². The maximum absolute atomic E-state index is 12.8. The summed E-state index contributed by atoms with van der Waals surface area (Å²) in [6.07, 6.45) is -3.53. The molecule has 0 spiro atoms. The summed E-state index contributed by atoms with van der Waals surface area (Å²) in [5.41, 5.74) is 4.39. The van der Waals surface area contributed by atoms with Crippen molar-refractivity contribution in [1.29, 1.82) is 0 Å². The second-order valence-electron chi connectivity index (χ2n) is 6.11. The van der Waals surface area contributed by atoms with Crippen molar-refractivity contribution in [2.45, 2.75) is 51.4 Å². The molecule has 2 atom stereocenters. The van der Waals surface area contributed by atoms with Crippen LogP contribution in [0.15, 0.2) is 0 Å². The molecule has 0 aromatic rings. The number of nitrogens with one attached hydrogen (secondary N) is 1. The van der Waals surface area contributed by atoms with E-state index in [9.17, 15) is 18.0 Å². The van der Waals surface area contributed by atoms with Gasteiger partial charge >= 0.3 is 6.18 Å². The number of hydrogen-bond acceptors (Lipinski definition) is 3. The lowest BCUT2D eigenvalue weighted by atomic mass is 9.93. The normalized spacial score (nSPS) is 24.6. The largest absolute Gasteiger partial charge is 0.393 e. The number of primary amides is 1. The number of piperidine rings is 1. The molecule has 20 heavy (non-hydrogen) atoms. The summed E-state index contributed by atoms with van der Waals surface area (Å²) in [6.45, 7) is 6.09. The summed E-state index contributed by atoms with van der Waals surface area (Å²) < 4.78 is 38.3. The molecule has 0 bridgehead atoms. The molecular weight excluding hydrogens is 271 g/mol. The minimum Gasteiger partial charge on any atom is -0.368 e. The highest BCUT2D eigenvalue weighted by atomic mass is 19.4. The first-order valence-corrected chi connectivity index (χ1v) is 6.91. The van der Waals surface area contributed by atoms with E-state index in [1.54, 1.807) is 11.8 Å². The third kappa shape index (κ3) is 4.63. The molecule has 1 fully saturated rings. The zero-order valence-corrected chi connectivity index (χ0v) is 12.3. The van der Waals surface area contributed by atoms with Crippen molar-refractivity contribution in [3.63, 3.8) is 0 Å². The summed E-state index contributed by atoms with van der Waals surface area (Å²) in [4.78, 5) is 13.3. The molecule has 0 radical (unpaired) electrons. The Kier molecular flexibility index (Phi) is 5.43. The number of carbonyl (C=O) groups is 1. The second kappa shape index (κ2) is 6.30. The van der Waals surface area contributed by atoms with E-state index in [2.05, 4.69) is 5.32 Å². The van der Waals surface area contributed by atoms with E-state index in [1.807, 2.05) is 13.8 Å². The molecule has 0 saturated carbocycles. The fourth-order valence-electron chi connectivity index (χ4n) is 2.75. The molecule has 1 aliphatic heterocycles. The molecule has 2 unspecified atom stereocenters. The smallest absolute Gasteiger partial charge is 0.368 e. The van der Waals surface area contributed by atoms with Gasteiger partial charge in [0.15, 0.2) is 0 Å². The zero-order chi connectivity index (χ0) is 15.6. The van der Waals surface area contributed by atoms with Crippen LogP contribution in [0.1, 0.15) is 33.6 Å². The number of carbonyl (C=O) groups excluding carboxylic acids is 1. The Bertz CT molecular complexity index is 346. The van der Waals surface area contributed by atoms with E-state index in [0.717, 1.165) is 0 Å². The second-order valence-corrected chi connectivity index (χ2v) is 6.11. The van der Waals surface area contributed by atoms with Gasteiger partial charge in [0.1, 0.15) is 5.54 Å². The molecule has 118 valence electrons. The fraction of sp³-hybridized carbons (Fsp3) is 0.923. The number of nitrogens with two attached hydrogens (primary N) is 1. The lowest BCUT2D eigenvalue weighted by molar-refractivity contribution is -0.187. The molecule has 1 rings (SSSR count). The van der Waals surface area contributed by atoms with Gasteiger partial charge in [-0.15, -0.1) is 0 Å².